The molecule has 150 valence electrons. The molecule has 3 amide bonds. The molecule has 29 heavy (non-hydrogen) atoms. The van der Waals surface area contributed by atoms with Crippen molar-refractivity contribution in [2.45, 2.75) is 26.9 Å². The van der Waals surface area contributed by atoms with E-state index in [4.69, 9.17) is 5.73 Å². The Labute approximate surface area is 167 Å². The molecular weight excluding hydrogens is 370 g/mol. The predicted molar refractivity (Wildman–Crippen MR) is 112 cm³/mol. The van der Waals surface area contributed by atoms with Gasteiger partial charge >= 0.3 is 6.03 Å². The van der Waals surface area contributed by atoms with Gasteiger partial charge in [0, 0.05) is 24.2 Å². The molecule has 0 aliphatic heterocycles. The van der Waals surface area contributed by atoms with Crippen LogP contribution in [0.3, 0.4) is 0 Å². The Balaban J connectivity index is 1.84. The zero-order valence-electron chi connectivity index (χ0n) is 16.3. The molecule has 0 bridgehead atoms. The van der Waals surface area contributed by atoms with Crippen LogP contribution in [0.2, 0.25) is 0 Å². The molecule has 0 fully saturated rings. The summed E-state index contributed by atoms with van der Waals surface area (Å²) in [5, 5.41) is 10.6. The van der Waals surface area contributed by atoms with Crippen molar-refractivity contribution in [2.75, 3.05) is 5.32 Å². The Kier molecular flexibility index (Phi) is 5.92. The highest BCUT2D eigenvalue weighted by atomic mass is 16.2. The van der Waals surface area contributed by atoms with Crippen LogP contribution >= 0.6 is 0 Å². The molecule has 1 aromatic heterocycles. The number of anilines is 1. The number of amides is 3. The molecule has 0 unspecified atom stereocenters. The Morgan fingerprint density at radius 2 is 1.72 bits per heavy atom. The molecule has 0 spiro atoms. The van der Waals surface area contributed by atoms with Crippen LogP contribution in [0.1, 0.15) is 29.9 Å². The van der Waals surface area contributed by atoms with Crippen molar-refractivity contribution in [1.82, 2.24) is 15.1 Å². The van der Waals surface area contributed by atoms with Crippen molar-refractivity contribution in [3.8, 4) is 0 Å². The third-order valence-corrected chi connectivity index (χ3v) is 4.30. The summed E-state index contributed by atoms with van der Waals surface area (Å²) in [6.45, 7) is 4.67. The van der Waals surface area contributed by atoms with Crippen LogP contribution in [0.15, 0.2) is 53.3 Å². The maximum atomic E-state index is 12.8. The molecule has 3 aromatic rings. The Hall–Kier alpha value is -3.68. The lowest BCUT2D eigenvalue weighted by atomic mass is 10.1. The van der Waals surface area contributed by atoms with Gasteiger partial charge < -0.3 is 16.4 Å². The second-order valence-electron chi connectivity index (χ2n) is 7.14. The van der Waals surface area contributed by atoms with E-state index in [0.717, 1.165) is 5.56 Å². The first kappa shape index (κ1) is 20.1. The summed E-state index contributed by atoms with van der Waals surface area (Å²) in [6.07, 6.45) is 0. The molecular formula is C21H23N5O3. The van der Waals surface area contributed by atoms with E-state index >= 15 is 0 Å². The average molecular weight is 393 g/mol. The van der Waals surface area contributed by atoms with Crippen molar-refractivity contribution in [2.24, 2.45) is 11.7 Å². The van der Waals surface area contributed by atoms with Crippen LogP contribution in [0.5, 0.6) is 0 Å². The van der Waals surface area contributed by atoms with Gasteiger partial charge in [-0.2, -0.15) is 5.10 Å². The molecule has 0 radical (unpaired) electrons. The number of nitrogens with two attached hydrogens (primary N) is 1. The van der Waals surface area contributed by atoms with Gasteiger partial charge in [0.1, 0.15) is 0 Å². The number of hydrogen-bond acceptors (Lipinski definition) is 4. The van der Waals surface area contributed by atoms with Gasteiger partial charge in [-0.3, -0.25) is 9.59 Å². The summed E-state index contributed by atoms with van der Waals surface area (Å²) in [5.41, 5.74) is 6.51. The van der Waals surface area contributed by atoms with E-state index in [9.17, 15) is 14.4 Å². The number of rotatable bonds is 6. The normalized spacial score (nSPS) is 10.9. The molecule has 8 nitrogen and oxygen atoms in total. The van der Waals surface area contributed by atoms with Gasteiger partial charge in [0.25, 0.3) is 11.5 Å². The van der Waals surface area contributed by atoms with Gasteiger partial charge in [0.2, 0.25) is 0 Å². The Morgan fingerprint density at radius 1 is 1.07 bits per heavy atom. The molecule has 8 heteroatoms. The van der Waals surface area contributed by atoms with Gasteiger partial charge in [-0.1, -0.05) is 44.2 Å². The number of hydrogen-bond donors (Lipinski definition) is 3. The highest BCUT2D eigenvalue weighted by Crippen LogP contribution is 2.14. The zero-order chi connectivity index (χ0) is 21.0. The fourth-order valence-corrected chi connectivity index (χ4v) is 2.99. The van der Waals surface area contributed by atoms with E-state index in [1.807, 2.05) is 13.8 Å². The van der Waals surface area contributed by atoms with Gasteiger partial charge in [-0.05, 0) is 29.7 Å². The van der Waals surface area contributed by atoms with E-state index in [-0.39, 0.29) is 29.6 Å². The molecule has 2 aromatic carbocycles. The maximum Gasteiger partial charge on any atom is 0.316 e. The second kappa shape index (κ2) is 8.55. The van der Waals surface area contributed by atoms with Crippen LogP contribution in [-0.2, 0) is 13.1 Å². The number of aromatic nitrogens is 2. The molecule has 0 aliphatic carbocycles. The minimum atomic E-state index is -0.638. The van der Waals surface area contributed by atoms with Crippen molar-refractivity contribution >= 4 is 28.4 Å². The third-order valence-electron chi connectivity index (χ3n) is 4.30. The molecule has 3 rings (SSSR count). The van der Waals surface area contributed by atoms with E-state index in [2.05, 4.69) is 15.7 Å². The lowest BCUT2D eigenvalue weighted by Crippen LogP contribution is -2.31. The SMILES string of the molecule is CC(C)Cn1nc(C(=O)NCc2ccc(NC(N)=O)cc2)c2ccccc2c1=O. The first-order valence-corrected chi connectivity index (χ1v) is 9.28. The maximum absolute atomic E-state index is 12.8. The molecule has 0 saturated heterocycles. The summed E-state index contributed by atoms with van der Waals surface area (Å²) in [4.78, 5) is 36.4. The standard InChI is InChI=1S/C21H23N5O3/c1-13(2)12-26-20(28)17-6-4-3-5-16(17)18(25-26)19(27)23-11-14-7-9-15(10-8-14)24-21(22)29/h3-10,13H,11-12H2,1-2H3,(H,23,27)(H3,22,24,29). The smallest absolute Gasteiger partial charge is 0.316 e. The van der Waals surface area contributed by atoms with Gasteiger partial charge in [-0.15, -0.1) is 0 Å². The third kappa shape index (κ3) is 4.78. The molecule has 0 saturated carbocycles. The number of primary amides is 1. The van der Waals surface area contributed by atoms with Crippen LogP contribution in [-0.4, -0.2) is 21.7 Å². The number of nitrogens with zero attached hydrogens (tertiary/aromatic N) is 2. The lowest BCUT2D eigenvalue weighted by molar-refractivity contribution is 0.0945. The summed E-state index contributed by atoms with van der Waals surface area (Å²) in [7, 11) is 0. The highest BCUT2D eigenvalue weighted by Gasteiger charge is 2.17. The van der Waals surface area contributed by atoms with Crippen molar-refractivity contribution in [1.29, 1.82) is 0 Å². The minimum absolute atomic E-state index is 0.205. The van der Waals surface area contributed by atoms with E-state index in [1.165, 1.54) is 4.68 Å². The summed E-state index contributed by atoms with van der Waals surface area (Å²) < 4.78 is 1.35. The van der Waals surface area contributed by atoms with E-state index in [0.29, 0.717) is 23.0 Å². The first-order valence-electron chi connectivity index (χ1n) is 9.28. The number of nitrogens with one attached hydrogen (secondary N) is 2. The molecule has 4 N–H and O–H groups in total. The topological polar surface area (TPSA) is 119 Å². The predicted octanol–water partition coefficient (Wildman–Crippen LogP) is 2.47. The Morgan fingerprint density at radius 3 is 2.34 bits per heavy atom. The number of benzene rings is 2. The first-order chi connectivity index (χ1) is 13.8. The monoisotopic (exact) mass is 393 g/mol. The van der Waals surface area contributed by atoms with Gasteiger partial charge in [0.15, 0.2) is 5.69 Å². The van der Waals surface area contributed by atoms with Gasteiger partial charge in [0.05, 0.1) is 5.39 Å². The molecule has 0 atom stereocenters. The number of carbonyl (C=O) groups is 2. The number of fused-ring (bicyclic) bond motifs is 1. The lowest BCUT2D eigenvalue weighted by Gasteiger charge is -2.13. The summed E-state index contributed by atoms with van der Waals surface area (Å²) >= 11 is 0. The summed E-state index contributed by atoms with van der Waals surface area (Å²) in [5.74, 6) is -0.150. The van der Waals surface area contributed by atoms with Crippen molar-refractivity contribution in [3.63, 3.8) is 0 Å². The van der Waals surface area contributed by atoms with Gasteiger partial charge in [-0.25, -0.2) is 9.48 Å². The minimum Gasteiger partial charge on any atom is -0.351 e. The van der Waals surface area contributed by atoms with E-state index in [1.54, 1.807) is 48.5 Å². The number of urea groups is 1. The fraction of sp³-hybridized carbons (Fsp3) is 0.238. The number of carbonyl (C=O) groups excluding carboxylic acids is 2. The molecule has 1 heterocycles. The van der Waals surface area contributed by atoms with Crippen LogP contribution in [0, 0.1) is 5.92 Å². The van der Waals surface area contributed by atoms with Crippen LogP contribution < -0.4 is 21.9 Å². The second-order valence-corrected chi connectivity index (χ2v) is 7.14. The zero-order valence-corrected chi connectivity index (χ0v) is 16.3. The van der Waals surface area contributed by atoms with E-state index < -0.39 is 6.03 Å². The quantitative estimate of drug-likeness (QED) is 0.596. The largest absolute Gasteiger partial charge is 0.351 e. The van der Waals surface area contributed by atoms with Crippen molar-refractivity contribution in [3.05, 3.63) is 70.1 Å². The fourth-order valence-electron chi connectivity index (χ4n) is 2.99. The average Bonchev–Trinajstić information content (AvgIpc) is 2.68. The highest BCUT2D eigenvalue weighted by molar-refractivity contribution is 6.04. The van der Waals surface area contributed by atoms with Crippen LogP contribution in [0.25, 0.3) is 10.8 Å². The van der Waals surface area contributed by atoms with Crippen molar-refractivity contribution < 1.29 is 9.59 Å². The van der Waals surface area contributed by atoms with Crippen LogP contribution in [0.4, 0.5) is 10.5 Å². The summed E-state index contributed by atoms with van der Waals surface area (Å²) in [6, 6.07) is 13.3. The Bertz CT molecular complexity index is 1100. The molecule has 0 aliphatic rings.